The van der Waals surface area contributed by atoms with Gasteiger partial charge in [0.2, 0.25) is 0 Å². The van der Waals surface area contributed by atoms with Crippen molar-refractivity contribution in [1.82, 2.24) is 0 Å². The third kappa shape index (κ3) is 4.64. The summed E-state index contributed by atoms with van der Waals surface area (Å²) < 4.78 is 163. The highest BCUT2D eigenvalue weighted by Gasteiger charge is 2.75. The van der Waals surface area contributed by atoms with Gasteiger partial charge in [-0.2, -0.15) is 52.7 Å². The molecule has 0 aromatic heterocycles. The predicted molar refractivity (Wildman–Crippen MR) is 82.8 cm³/mol. The van der Waals surface area contributed by atoms with Crippen LogP contribution in [0.25, 0.3) is 0 Å². The molecule has 1 atom stereocenters. The first-order valence-corrected chi connectivity index (χ1v) is 8.30. The van der Waals surface area contributed by atoms with E-state index in [1.807, 2.05) is 0 Å². The number of halogens is 12. The van der Waals surface area contributed by atoms with Gasteiger partial charge in [-0.05, 0) is 0 Å². The third-order valence-corrected chi connectivity index (χ3v) is 4.36. The number of benzene rings is 1. The average Bonchev–Trinajstić information content (AvgIpc) is 2.53. The van der Waals surface area contributed by atoms with Gasteiger partial charge in [0.15, 0.2) is 6.29 Å². The third-order valence-electron chi connectivity index (χ3n) is 4.36. The van der Waals surface area contributed by atoms with Gasteiger partial charge in [0.25, 0.3) is 11.2 Å². The molecule has 1 aromatic rings. The second-order valence-corrected chi connectivity index (χ2v) is 7.80. The molecule has 0 aliphatic rings. The summed E-state index contributed by atoms with van der Waals surface area (Å²) in [5.41, 5.74) is -16.7. The van der Waals surface area contributed by atoms with Crippen molar-refractivity contribution in [1.29, 1.82) is 0 Å². The Kier molecular flexibility index (Phi) is 7.02. The van der Waals surface area contributed by atoms with Crippen LogP contribution in [0.4, 0.5) is 52.7 Å². The highest BCUT2D eigenvalue weighted by molar-refractivity contribution is 5.35. The van der Waals surface area contributed by atoms with Crippen LogP contribution in [0, 0.1) is 5.41 Å². The van der Waals surface area contributed by atoms with E-state index in [-0.39, 0.29) is 12.1 Å². The number of aliphatic hydroxyl groups is 2. The van der Waals surface area contributed by atoms with Crippen molar-refractivity contribution < 1.29 is 67.6 Å². The lowest BCUT2D eigenvalue weighted by Crippen LogP contribution is -2.58. The van der Waals surface area contributed by atoms with Gasteiger partial charge in [0, 0.05) is 16.5 Å². The standard InChI is InChI=1S/C17H16F12O3/c1-11(2,3)10(30)32-13(16(24,25)26,17(27,28)29)9-6-4-8(5-7-9)12(31,14(18,19)20)15(21,22)23/h4-7,10,30-31H,1-3H3. The number of hydrogen-bond acceptors (Lipinski definition) is 3. The summed E-state index contributed by atoms with van der Waals surface area (Å²) in [6, 6.07) is -1.49. The SMILES string of the molecule is CC(C)(C)C(O)OC(c1ccc(C(O)(C(F)(F)F)C(F)(F)F)cc1)(C(F)(F)F)C(F)(F)F. The summed E-state index contributed by atoms with van der Waals surface area (Å²) in [6.45, 7) is 3.02. The van der Waals surface area contributed by atoms with Crippen LogP contribution in [0.5, 0.6) is 0 Å². The van der Waals surface area contributed by atoms with Crippen LogP contribution in [0.2, 0.25) is 0 Å². The molecule has 0 aliphatic heterocycles. The number of rotatable bonds is 4. The Morgan fingerprint density at radius 1 is 0.625 bits per heavy atom. The predicted octanol–water partition coefficient (Wildman–Crippen LogP) is 5.70. The van der Waals surface area contributed by atoms with Crippen molar-refractivity contribution in [3.05, 3.63) is 35.4 Å². The Labute approximate surface area is 172 Å². The summed E-state index contributed by atoms with van der Waals surface area (Å²) in [6.07, 6.45) is -28.3. The largest absolute Gasteiger partial charge is 0.430 e. The monoisotopic (exact) mass is 496 g/mol. The molecule has 32 heavy (non-hydrogen) atoms. The number of ether oxygens (including phenoxy) is 1. The van der Waals surface area contributed by atoms with Crippen LogP contribution >= 0.6 is 0 Å². The topological polar surface area (TPSA) is 49.7 Å². The van der Waals surface area contributed by atoms with Crippen LogP contribution in [0.15, 0.2) is 24.3 Å². The molecule has 0 saturated heterocycles. The minimum Gasteiger partial charge on any atom is -0.369 e. The molecule has 0 bridgehead atoms. The van der Waals surface area contributed by atoms with Crippen molar-refractivity contribution in [2.45, 2.75) is 63.0 Å². The summed E-state index contributed by atoms with van der Waals surface area (Å²) in [5, 5.41) is 19.0. The normalized spacial score (nSPS) is 16.3. The van der Waals surface area contributed by atoms with Gasteiger partial charge in [-0.1, -0.05) is 45.0 Å². The van der Waals surface area contributed by atoms with Crippen molar-refractivity contribution in [2.24, 2.45) is 5.41 Å². The second-order valence-electron chi connectivity index (χ2n) is 7.80. The van der Waals surface area contributed by atoms with Crippen molar-refractivity contribution in [2.75, 3.05) is 0 Å². The zero-order chi connectivity index (χ0) is 25.8. The molecular formula is C17H16F12O3. The Morgan fingerprint density at radius 3 is 1.19 bits per heavy atom. The summed E-state index contributed by atoms with van der Waals surface area (Å²) in [7, 11) is 0. The minimum atomic E-state index is -6.42. The van der Waals surface area contributed by atoms with Crippen LogP contribution in [0.3, 0.4) is 0 Å². The Morgan fingerprint density at radius 2 is 0.938 bits per heavy atom. The van der Waals surface area contributed by atoms with E-state index >= 15 is 0 Å². The number of hydrogen-bond donors (Lipinski definition) is 2. The van der Waals surface area contributed by atoms with E-state index in [0.717, 1.165) is 20.8 Å². The zero-order valence-corrected chi connectivity index (χ0v) is 16.2. The lowest BCUT2D eigenvalue weighted by molar-refractivity contribution is -0.422. The van der Waals surface area contributed by atoms with Gasteiger partial charge in [-0.15, -0.1) is 0 Å². The molecule has 1 rings (SSSR count). The molecule has 2 N–H and O–H groups in total. The molecule has 0 heterocycles. The fourth-order valence-electron chi connectivity index (χ4n) is 2.47. The molecule has 15 heteroatoms. The van der Waals surface area contributed by atoms with Gasteiger partial charge >= 0.3 is 24.7 Å². The fourth-order valence-corrected chi connectivity index (χ4v) is 2.47. The summed E-state index contributed by atoms with van der Waals surface area (Å²) >= 11 is 0. The molecule has 0 fully saturated rings. The maximum atomic E-state index is 13.7. The van der Waals surface area contributed by atoms with E-state index in [1.54, 1.807) is 0 Å². The number of aliphatic hydroxyl groups excluding tert-OH is 1. The molecule has 0 spiro atoms. The van der Waals surface area contributed by atoms with E-state index < -0.39 is 70.9 Å². The van der Waals surface area contributed by atoms with E-state index in [1.165, 1.54) is 0 Å². The average molecular weight is 496 g/mol. The van der Waals surface area contributed by atoms with E-state index in [4.69, 9.17) is 0 Å². The fraction of sp³-hybridized carbons (Fsp3) is 0.647. The molecule has 1 unspecified atom stereocenters. The molecule has 0 aliphatic carbocycles. The summed E-state index contributed by atoms with van der Waals surface area (Å²) in [4.78, 5) is 0. The van der Waals surface area contributed by atoms with Gasteiger partial charge in [-0.25, -0.2) is 0 Å². The second kappa shape index (κ2) is 7.94. The van der Waals surface area contributed by atoms with Crippen LogP contribution < -0.4 is 0 Å². The Bertz CT molecular complexity index is 754. The Hall–Kier alpha value is -1.74. The van der Waals surface area contributed by atoms with Crippen molar-refractivity contribution >= 4 is 0 Å². The molecule has 3 nitrogen and oxygen atoms in total. The van der Waals surface area contributed by atoms with Gasteiger partial charge in [0.05, 0.1) is 0 Å². The first kappa shape index (κ1) is 28.3. The molecule has 0 radical (unpaired) electrons. The molecule has 186 valence electrons. The van der Waals surface area contributed by atoms with Crippen molar-refractivity contribution in [3.8, 4) is 0 Å². The molecule has 0 saturated carbocycles. The highest BCUT2D eigenvalue weighted by atomic mass is 19.4. The quantitative estimate of drug-likeness (QED) is 0.416. The molecule has 1 aromatic carbocycles. The maximum Gasteiger partial charge on any atom is 0.430 e. The smallest absolute Gasteiger partial charge is 0.369 e. The van der Waals surface area contributed by atoms with Gasteiger partial charge in [0.1, 0.15) is 0 Å². The van der Waals surface area contributed by atoms with E-state index in [0.29, 0.717) is 0 Å². The lowest BCUT2D eigenvalue weighted by atomic mass is 9.86. The first-order chi connectivity index (χ1) is 13.8. The first-order valence-electron chi connectivity index (χ1n) is 8.30. The highest BCUT2D eigenvalue weighted by Crippen LogP contribution is 2.55. The zero-order valence-electron chi connectivity index (χ0n) is 16.2. The Balaban J connectivity index is 3.82. The minimum absolute atomic E-state index is 0.353. The van der Waals surface area contributed by atoms with Gasteiger partial charge < -0.3 is 14.9 Å². The van der Waals surface area contributed by atoms with E-state index in [2.05, 4.69) is 4.74 Å². The molecular weight excluding hydrogens is 480 g/mol. The van der Waals surface area contributed by atoms with Crippen molar-refractivity contribution in [3.63, 3.8) is 0 Å². The molecule has 0 amide bonds. The van der Waals surface area contributed by atoms with Crippen LogP contribution in [0.1, 0.15) is 31.9 Å². The van der Waals surface area contributed by atoms with Crippen LogP contribution in [-0.4, -0.2) is 41.2 Å². The number of alkyl halides is 12. The van der Waals surface area contributed by atoms with Gasteiger partial charge in [-0.3, -0.25) is 0 Å². The van der Waals surface area contributed by atoms with Crippen LogP contribution in [-0.2, 0) is 15.9 Å². The lowest BCUT2D eigenvalue weighted by Gasteiger charge is -2.41. The maximum absolute atomic E-state index is 13.7. The summed E-state index contributed by atoms with van der Waals surface area (Å²) in [5.74, 6) is 0. The van der Waals surface area contributed by atoms with E-state index in [9.17, 15) is 62.9 Å².